The van der Waals surface area contributed by atoms with Crippen LogP contribution in [0.1, 0.15) is 5.56 Å². The van der Waals surface area contributed by atoms with Crippen molar-refractivity contribution in [2.75, 3.05) is 17.1 Å². The first-order chi connectivity index (χ1) is 10.8. The van der Waals surface area contributed by atoms with Crippen LogP contribution >= 0.6 is 15.9 Å². The zero-order chi connectivity index (χ0) is 17.0. The number of nitrogens with one attached hydrogen (secondary N) is 3. The summed E-state index contributed by atoms with van der Waals surface area (Å²) in [5.41, 5.74) is 1.92. The first-order valence-corrected chi connectivity index (χ1v) is 8.97. The molecule has 0 bridgehead atoms. The quantitative estimate of drug-likeness (QED) is 0.739. The van der Waals surface area contributed by atoms with Gasteiger partial charge in [-0.2, -0.15) is 0 Å². The van der Waals surface area contributed by atoms with Crippen molar-refractivity contribution in [1.82, 2.24) is 5.32 Å². The summed E-state index contributed by atoms with van der Waals surface area (Å²) in [4.78, 5) is 11.4. The molecule has 2 amide bonds. The lowest BCUT2D eigenvalue weighted by molar-refractivity contribution is 0.254. The Morgan fingerprint density at radius 1 is 1.04 bits per heavy atom. The van der Waals surface area contributed by atoms with Crippen LogP contribution in [0.3, 0.4) is 0 Å². The maximum Gasteiger partial charge on any atom is 0.318 e. The summed E-state index contributed by atoms with van der Waals surface area (Å²) in [6.07, 6.45) is 0. The fourth-order valence-corrected chi connectivity index (χ4v) is 4.10. The molecule has 0 saturated heterocycles. The fraction of sp³-hybridized carbons (Fsp3) is 0.133. The minimum atomic E-state index is -3.70. The second-order valence-electron chi connectivity index (χ2n) is 4.82. The second-order valence-corrected chi connectivity index (χ2v) is 7.33. The molecule has 23 heavy (non-hydrogen) atoms. The van der Waals surface area contributed by atoms with Crippen molar-refractivity contribution in [2.24, 2.45) is 0 Å². The maximum absolute atomic E-state index is 12.4. The zero-order valence-electron chi connectivity index (χ0n) is 12.6. The minimum Gasteiger partial charge on any atom is -0.341 e. The van der Waals surface area contributed by atoms with Gasteiger partial charge in [-0.15, -0.1) is 0 Å². The van der Waals surface area contributed by atoms with Gasteiger partial charge in [0.1, 0.15) is 4.90 Å². The summed E-state index contributed by atoms with van der Waals surface area (Å²) < 4.78 is 27.8. The van der Waals surface area contributed by atoms with E-state index < -0.39 is 10.0 Å². The number of hydrogen-bond acceptors (Lipinski definition) is 3. The van der Waals surface area contributed by atoms with Gasteiger partial charge in [-0.3, -0.25) is 4.72 Å². The number of rotatable bonds is 4. The van der Waals surface area contributed by atoms with E-state index in [9.17, 15) is 13.2 Å². The van der Waals surface area contributed by atoms with Crippen LogP contribution < -0.4 is 15.4 Å². The van der Waals surface area contributed by atoms with Crippen LogP contribution in [0.15, 0.2) is 51.8 Å². The minimum absolute atomic E-state index is 0.163. The smallest absolute Gasteiger partial charge is 0.318 e. The van der Waals surface area contributed by atoms with E-state index in [4.69, 9.17) is 0 Å². The maximum atomic E-state index is 12.4. The van der Waals surface area contributed by atoms with Gasteiger partial charge < -0.3 is 10.6 Å². The Kier molecular flexibility index (Phi) is 5.27. The molecule has 0 aromatic heterocycles. The molecule has 8 heteroatoms. The molecular formula is C15H16BrN3O3S. The number of urea groups is 1. The third kappa shape index (κ3) is 4.46. The molecule has 0 saturated carbocycles. The average molecular weight is 398 g/mol. The van der Waals surface area contributed by atoms with Crippen molar-refractivity contribution in [3.63, 3.8) is 0 Å². The lowest BCUT2D eigenvalue weighted by Crippen LogP contribution is -2.24. The van der Waals surface area contributed by atoms with Crippen LogP contribution in [0.2, 0.25) is 0 Å². The summed E-state index contributed by atoms with van der Waals surface area (Å²) in [5, 5.41) is 5.03. The standard InChI is InChI=1S/C15H16BrN3O3S/c1-10-3-8-14(13(16)9-10)23(21,22)19-12-6-4-11(5-7-12)18-15(20)17-2/h3-9,19H,1-2H3,(H2,17,18,20). The SMILES string of the molecule is CNC(=O)Nc1ccc(NS(=O)(=O)c2ccc(C)cc2Br)cc1. The van der Waals surface area contributed by atoms with Gasteiger partial charge in [0.15, 0.2) is 0 Å². The van der Waals surface area contributed by atoms with Gasteiger partial charge >= 0.3 is 6.03 Å². The van der Waals surface area contributed by atoms with Gasteiger partial charge in [-0.1, -0.05) is 6.07 Å². The van der Waals surface area contributed by atoms with Gasteiger partial charge in [0.2, 0.25) is 0 Å². The van der Waals surface area contributed by atoms with Crippen molar-refractivity contribution in [3.8, 4) is 0 Å². The Morgan fingerprint density at radius 3 is 2.22 bits per heavy atom. The lowest BCUT2D eigenvalue weighted by Gasteiger charge is -2.11. The number of anilines is 2. The highest BCUT2D eigenvalue weighted by atomic mass is 79.9. The predicted octanol–water partition coefficient (Wildman–Crippen LogP) is 3.31. The zero-order valence-corrected chi connectivity index (χ0v) is 15.0. The van der Waals surface area contributed by atoms with Crippen molar-refractivity contribution in [1.29, 1.82) is 0 Å². The summed E-state index contributed by atoms with van der Waals surface area (Å²) in [6.45, 7) is 1.88. The van der Waals surface area contributed by atoms with E-state index in [0.717, 1.165) is 5.56 Å². The molecule has 0 aliphatic carbocycles. The van der Waals surface area contributed by atoms with E-state index in [1.54, 1.807) is 42.5 Å². The Hall–Kier alpha value is -2.06. The van der Waals surface area contributed by atoms with Crippen molar-refractivity contribution >= 4 is 43.4 Å². The van der Waals surface area contributed by atoms with Crippen molar-refractivity contribution in [2.45, 2.75) is 11.8 Å². The molecule has 122 valence electrons. The van der Waals surface area contributed by atoms with Crippen LogP contribution in [0.25, 0.3) is 0 Å². The fourth-order valence-electron chi connectivity index (χ4n) is 1.85. The summed E-state index contributed by atoms with van der Waals surface area (Å²) in [7, 11) is -2.19. The highest BCUT2D eigenvalue weighted by Gasteiger charge is 2.17. The van der Waals surface area contributed by atoms with Gasteiger partial charge in [-0.25, -0.2) is 13.2 Å². The van der Waals surface area contributed by atoms with Crippen LogP contribution in [0.4, 0.5) is 16.2 Å². The van der Waals surface area contributed by atoms with E-state index in [-0.39, 0.29) is 10.9 Å². The topological polar surface area (TPSA) is 87.3 Å². The second kappa shape index (κ2) is 7.01. The van der Waals surface area contributed by atoms with Crippen LogP contribution in [0, 0.1) is 6.92 Å². The molecule has 0 aliphatic rings. The highest BCUT2D eigenvalue weighted by molar-refractivity contribution is 9.10. The first-order valence-electron chi connectivity index (χ1n) is 6.69. The van der Waals surface area contributed by atoms with E-state index in [2.05, 4.69) is 31.3 Å². The Bertz CT molecular complexity index is 820. The van der Waals surface area contributed by atoms with E-state index in [1.807, 2.05) is 6.92 Å². The molecule has 0 aliphatic heterocycles. The van der Waals surface area contributed by atoms with Gasteiger partial charge in [0.25, 0.3) is 10.0 Å². The molecule has 6 nitrogen and oxygen atoms in total. The number of carbonyl (C=O) groups excluding carboxylic acids is 1. The van der Waals surface area contributed by atoms with Crippen molar-refractivity contribution in [3.05, 3.63) is 52.5 Å². The van der Waals surface area contributed by atoms with E-state index in [1.165, 1.54) is 7.05 Å². The van der Waals surface area contributed by atoms with E-state index >= 15 is 0 Å². The van der Waals surface area contributed by atoms with Crippen LogP contribution in [-0.2, 0) is 10.0 Å². The summed E-state index contributed by atoms with van der Waals surface area (Å²) in [6, 6.07) is 11.0. The molecule has 0 spiro atoms. The third-order valence-corrected chi connectivity index (χ3v) is 5.36. The van der Waals surface area contributed by atoms with Gasteiger partial charge in [0, 0.05) is 22.9 Å². The van der Waals surface area contributed by atoms with Crippen molar-refractivity contribution < 1.29 is 13.2 Å². The normalized spacial score (nSPS) is 10.9. The molecule has 2 aromatic rings. The number of carbonyl (C=O) groups is 1. The third-order valence-electron chi connectivity index (χ3n) is 3.00. The number of benzene rings is 2. The molecule has 0 fully saturated rings. The molecule has 0 radical (unpaired) electrons. The van der Waals surface area contributed by atoms with Gasteiger partial charge in [-0.05, 0) is 64.8 Å². The lowest BCUT2D eigenvalue weighted by atomic mass is 10.2. The van der Waals surface area contributed by atoms with Crippen LogP contribution in [0.5, 0.6) is 0 Å². The molecule has 2 rings (SSSR count). The van der Waals surface area contributed by atoms with E-state index in [0.29, 0.717) is 15.8 Å². The molecule has 0 heterocycles. The first kappa shape index (κ1) is 17.3. The molecular weight excluding hydrogens is 382 g/mol. The average Bonchev–Trinajstić information content (AvgIpc) is 2.48. The Balaban J connectivity index is 2.19. The number of aryl methyl sites for hydroxylation is 1. The Morgan fingerprint density at radius 2 is 1.65 bits per heavy atom. The highest BCUT2D eigenvalue weighted by Crippen LogP contribution is 2.25. The van der Waals surface area contributed by atoms with Crippen LogP contribution in [-0.4, -0.2) is 21.5 Å². The predicted molar refractivity (Wildman–Crippen MR) is 94.2 cm³/mol. The molecule has 2 aromatic carbocycles. The molecule has 0 atom stereocenters. The number of amides is 2. The monoisotopic (exact) mass is 397 g/mol. The number of halogens is 1. The largest absolute Gasteiger partial charge is 0.341 e. The summed E-state index contributed by atoms with van der Waals surface area (Å²) >= 11 is 3.27. The Labute approximate surface area is 143 Å². The van der Waals surface area contributed by atoms with Gasteiger partial charge in [0.05, 0.1) is 0 Å². The number of sulfonamides is 1. The summed E-state index contributed by atoms with van der Waals surface area (Å²) in [5.74, 6) is 0. The molecule has 3 N–H and O–H groups in total. The molecule has 0 unspecified atom stereocenters. The number of hydrogen-bond donors (Lipinski definition) is 3.